The predicted octanol–water partition coefficient (Wildman–Crippen LogP) is 2.62. The zero-order valence-corrected chi connectivity index (χ0v) is 13.1. The summed E-state index contributed by atoms with van der Waals surface area (Å²) in [6.07, 6.45) is 4.21. The Hall–Kier alpha value is -2.73. The van der Waals surface area contributed by atoms with E-state index in [1.165, 1.54) is 18.2 Å². The fourth-order valence-corrected chi connectivity index (χ4v) is 2.41. The molecule has 2 N–H and O–H groups in total. The second-order valence-corrected chi connectivity index (χ2v) is 5.42. The van der Waals surface area contributed by atoms with E-state index in [0.717, 1.165) is 24.4 Å². The molecule has 2 heterocycles. The Kier molecular flexibility index (Phi) is 5.18. The highest BCUT2D eigenvalue weighted by Crippen LogP contribution is 2.10. The zero-order valence-electron chi connectivity index (χ0n) is 13.1. The minimum absolute atomic E-state index is 0.181. The number of halogens is 1. The van der Waals surface area contributed by atoms with Gasteiger partial charge in [0.25, 0.3) is 0 Å². The third kappa shape index (κ3) is 4.17. The molecule has 3 rings (SSSR count). The average Bonchev–Trinajstić information content (AvgIpc) is 2.59. The van der Waals surface area contributed by atoms with Crippen LogP contribution in [0.25, 0.3) is 10.9 Å². The summed E-state index contributed by atoms with van der Waals surface area (Å²) in [5, 5.41) is 3.62. The zero-order chi connectivity index (χ0) is 16.8. The van der Waals surface area contributed by atoms with Crippen molar-refractivity contribution in [3.05, 3.63) is 70.5 Å². The number of benzene rings is 1. The number of aromatic amines is 1. The first-order valence-electron chi connectivity index (χ1n) is 7.77. The highest BCUT2D eigenvalue weighted by atomic mass is 19.1. The molecule has 3 aromatic rings. The first-order chi connectivity index (χ1) is 11.7. The van der Waals surface area contributed by atoms with Gasteiger partial charge in [0, 0.05) is 35.4 Å². The van der Waals surface area contributed by atoms with Gasteiger partial charge in [0.2, 0.25) is 0 Å². The summed E-state index contributed by atoms with van der Waals surface area (Å²) in [4.78, 5) is 19.1. The van der Waals surface area contributed by atoms with Gasteiger partial charge in [-0.3, -0.25) is 9.78 Å². The molecule has 0 saturated carbocycles. The third-order valence-electron chi connectivity index (χ3n) is 3.56. The highest BCUT2D eigenvalue weighted by Gasteiger charge is 2.03. The number of ether oxygens (including phenoxy) is 1. The van der Waals surface area contributed by atoms with Crippen molar-refractivity contribution in [2.45, 2.75) is 13.0 Å². The van der Waals surface area contributed by atoms with Crippen molar-refractivity contribution in [1.82, 2.24) is 15.3 Å². The molecule has 0 atom stereocenters. The van der Waals surface area contributed by atoms with Gasteiger partial charge in [-0.25, -0.2) is 4.39 Å². The topological polar surface area (TPSA) is 67.0 Å². The van der Waals surface area contributed by atoms with Crippen LogP contribution in [-0.4, -0.2) is 23.1 Å². The van der Waals surface area contributed by atoms with Crippen molar-refractivity contribution in [3.63, 3.8) is 0 Å². The number of aromatic nitrogens is 2. The van der Waals surface area contributed by atoms with E-state index in [4.69, 9.17) is 4.74 Å². The van der Waals surface area contributed by atoms with Gasteiger partial charge in [0.05, 0.1) is 12.8 Å². The molecule has 0 aliphatic carbocycles. The van der Waals surface area contributed by atoms with Crippen molar-refractivity contribution < 1.29 is 9.13 Å². The Morgan fingerprint density at radius 2 is 2.17 bits per heavy atom. The van der Waals surface area contributed by atoms with Gasteiger partial charge in [-0.1, -0.05) is 0 Å². The van der Waals surface area contributed by atoms with E-state index in [1.54, 1.807) is 18.5 Å². The molecule has 24 heavy (non-hydrogen) atoms. The molecule has 1 aromatic carbocycles. The van der Waals surface area contributed by atoms with E-state index in [9.17, 15) is 9.18 Å². The number of nitrogens with zero attached hydrogens (tertiary/aromatic N) is 1. The summed E-state index contributed by atoms with van der Waals surface area (Å²) < 4.78 is 18.7. The monoisotopic (exact) mass is 327 g/mol. The molecule has 124 valence electrons. The maximum atomic E-state index is 13.2. The SMILES string of the molecule is O=c1cc(CNCCCOc2cccnc2)[nH]c2ccc(F)cc12. The Bertz CT molecular complexity index is 865. The molecule has 0 amide bonds. The third-order valence-corrected chi connectivity index (χ3v) is 3.56. The standard InChI is InChI=1S/C18H18FN3O2/c19-13-4-5-17-16(9-13)18(23)10-14(22-17)11-20-7-2-8-24-15-3-1-6-21-12-15/h1,3-6,9-10,12,20H,2,7-8,11H2,(H,22,23). The Labute approximate surface area is 138 Å². The van der Waals surface area contributed by atoms with Crippen LogP contribution in [0.15, 0.2) is 53.6 Å². The number of H-pyrrole nitrogens is 1. The van der Waals surface area contributed by atoms with Crippen molar-refractivity contribution in [3.8, 4) is 5.75 Å². The number of hydrogen-bond acceptors (Lipinski definition) is 4. The maximum absolute atomic E-state index is 13.2. The van der Waals surface area contributed by atoms with Crippen LogP contribution in [0.5, 0.6) is 5.75 Å². The molecular weight excluding hydrogens is 309 g/mol. The largest absolute Gasteiger partial charge is 0.492 e. The van der Waals surface area contributed by atoms with E-state index in [2.05, 4.69) is 15.3 Å². The lowest BCUT2D eigenvalue weighted by Crippen LogP contribution is -2.19. The van der Waals surface area contributed by atoms with Crippen LogP contribution < -0.4 is 15.5 Å². The maximum Gasteiger partial charge on any atom is 0.189 e. The van der Waals surface area contributed by atoms with E-state index in [-0.39, 0.29) is 5.43 Å². The number of fused-ring (bicyclic) bond motifs is 1. The minimum atomic E-state index is -0.410. The Balaban J connectivity index is 1.47. The summed E-state index contributed by atoms with van der Waals surface area (Å²) in [7, 11) is 0. The molecule has 0 bridgehead atoms. The molecule has 0 radical (unpaired) electrons. The summed E-state index contributed by atoms with van der Waals surface area (Å²) in [5.41, 5.74) is 1.23. The van der Waals surface area contributed by atoms with E-state index in [1.807, 2.05) is 12.1 Å². The highest BCUT2D eigenvalue weighted by molar-refractivity contribution is 5.78. The van der Waals surface area contributed by atoms with Gasteiger partial charge >= 0.3 is 0 Å². The fraction of sp³-hybridized carbons (Fsp3) is 0.222. The second kappa shape index (κ2) is 7.70. The first kappa shape index (κ1) is 16.1. The summed E-state index contributed by atoms with van der Waals surface area (Å²) in [6.45, 7) is 1.88. The van der Waals surface area contributed by atoms with Crippen LogP contribution in [0.1, 0.15) is 12.1 Å². The quantitative estimate of drug-likeness (QED) is 0.655. The first-order valence-corrected chi connectivity index (χ1v) is 7.77. The van der Waals surface area contributed by atoms with Crippen LogP contribution in [0.4, 0.5) is 4.39 Å². The average molecular weight is 327 g/mol. The lowest BCUT2D eigenvalue weighted by atomic mass is 10.2. The number of pyridine rings is 2. The van der Waals surface area contributed by atoms with Crippen LogP contribution in [-0.2, 0) is 6.54 Å². The number of hydrogen-bond donors (Lipinski definition) is 2. The number of rotatable bonds is 7. The van der Waals surface area contributed by atoms with E-state index >= 15 is 0 Å². The van der Waals surface area contributed by atoms with Crippen LogP contribution >= 0.6 is 0 Å². The van der Waals surface area contributed by atoms with Gasteiger partial charge in [0.1, 0.15) is 11.6 Å². The van der Waals surface area contributed by atoms with Crippen molar-refractivity contribution in [2.75, 3.05) is 13.2 Å². The minimum Gasteiger partial charge on any atom is -0.492 e. The van der Waals surface area contributed by atoms with Gasteiger partial charge in [0.15, 0.2) is 5.43 Å². The van der Waals surface area contributed by atoms with Crippen molar-refractivity contribution in [1.29, 1.82) is 0 Å². The van der Waals surface area contributed by atoms with Gasteiger partial charge in [-0.2, -0.15) is 0 Å². The fourth-order valence-electron chi connectivity index (χ4n) is 2.41. The Morgan fingerprint density at radius 3 is 3.00 bits per heavy atom. The van der Waals surface area contributed by atoms with Gasteiger partial charge in [-0.15, -0.1) is 0 Å². The van der Waals surface area contributed by atoms with Gasteiger partial charge < -0.3 is 15.0 Å². The number of nitrogens with one attached hydrogen (secondary N) is 2. The predicted molar refractivity (Wildman–Crippen MR) is 90.6 cm³/mol. The van der Waals surface area contributed by atoms with E-state index in [0.29, 0.717) is 24.1 Å². The van der Waals surface area contributed by atoms with Crippen molar-refractivity contribution >= 4 is 10.9 Å². The van der Waals surface area contributed by atoms with Crippen LogP contribution in [0.2, 0.25) is 0 Å². The van der Waals surface area contributed by atoms with E-state index < -0.39 is 5.82 Å². The molecule has 5 nitrogen and oxygen atoms in total. The molecular formula is C18H18FN3O2. The summed E-state index contributed by atoms with van der Waals surface area (Å²) in [5.74, 6) is 0.344. The molecule has 6 heteroatoms. The molecule has 0 aliphatic rings. The summed E-state index contributed by atoms with van der Waals surface area (Å²) in [6, 6.07) is 9.36. The summed E-state index contributed by atoms with van der Waals surface area (Å²) >= 11 is 0. The molecule has 0 fully saturated rings. The Morgan fingerprint density at radius 1 is 1.25 bits per heavy atom. The van der Waals surface area contributed by atoms with Crippen molar-refractivity contribution in [2.24, 2.45) is 0 Å². The van der Waals surface area contributed by atoms with Gasteiger partial charge in [-0.05, 0) is 43.3 Å². The molecule has 0 saturated heterocycles. The molecule has 0 spiro atoms. The molecule has 2 aromatic heterocycles. The van der Waals surface area contributed by atoms with Crippen LogP contribution in [0, 0.1) is 5.82 Å². The lowest BCUT2D eigenvalue weighted by Gasteiger charge is -2.08. The molecule has 0 aliphatic heterocycles. The second-order valence-electron chi connectivity index (χ2n) is 5.42. The smallest absolute Gasteiger partial charge is 0.189 e. The molecule has 0 unspecified atom stereocenters. The lowest BCUT2D eigenvalue weighted by molar-refractivity contribution is 0.307. The van der Waals surface area contributed by atoms with Crippen LogP contribution in [0.3, 0.4) is 0 Å². The normalized spacial score (nSPS) is 10.9.